The molecule has 0 aliphatic heterocycles. The number of ether oxygens (including phenoxy) is 1. The van der Waals surface area contributed by atoms with Crippen molar-refractivity contribution in [3.63, 3.8) is 0 Å². The van der Waals surface area contributed by atoms with Gasteiger partial charge in [0.2, 0.25) is 0 Å². The van der Waals surface area contributed by atoms with E-state index in [4.69, 9.17) is 16.3 Å². The highest BCUT2D eigenvalue weighted by Crippen LogP contribution is 2.29. The van der Waals surface area contributed by atoms with Crippen LogP contribution in [0, 0.1) is 0 Å². The maximum Gasteiger partial charge on any atom is 0.137 e. The van der Waals surface area contributed by atoms with Crippen LogP contribution in [-0.2, 0) is 0 Å². The second-order valence-electron chi connectivity index (χ2n) is 3.84. The first-order valence-electron chi connectivity index (χ1n) is 5.79. The van der Waals surface area contributed by atoms with Crippen LogP contribution in [-0.4, -0.2) is 11.7 Å². The fourth-order valence-electron chi connectivity index (χ4n) is 1.49. The summed E-state index contributed by atoms with van der Waals surface area (Å²) in [6.45, 7) is 4.76. The number of hydrogen-bond acceptors (Lipinski definition) is 2. The van der Waals surface area contributed by atoms with Crippen molar-refractivity contribution in [2.75, 3.05) is 6.61 Å². The Bertz CT molecular complexity index is 326. The minimum Gasteiger partial charge on any atom is -0.492 e. The summed E-state index contributed by atoms with van der Waals surface area (Å²) >= 11 is 6.07. The molecule has 0 fully saturated rings. The van der Waals surface area contributed by atoms with Gasteiger partial charge >= 0.3 is 0 Å². The fourth-order valence-corrected chi connectivity index (χ4v) is 1.74. The molecule has 0 spiro atoms. The van der Waals surface area contributed by atoms with Crippen molar-refractivity contribution in [1.82, 2.24) is 0 Å². The average molecular weight is 243 g/mol. The molecule has 90 valence electrons. The largest absolute Gasteiger partial charge is 0.492 e. The predicted molar refractivity (Wildman–Crippen MR) is 67.1 cm³/mol. The lowest BCUT2D eigenvalue weighted by Crippen LogP contribution is -1.99. The fraction of sp³-hybridized carbons (Fsp3) is 0.538. The molecule has 2 nitrogen and oxygen atoms in total. The second-order valence-corrected chi connectivity index (χ2v) is 4.25. The van der Waals surface area contributed by atoms with Gasteiger partial charge in [-0.2, -0.15) is 0 Å². The number of rotatable bonds is 6. The summed E-state index contributed by atoms with van der Waals surface area (Å²) in [4.78, 5) is 0. The van der Waals surface area contributed by atoms with E-state index in [-0.39, 0.29) is 0 Å². The van der Waals surface area contributed by atoms with Crippen LogP contribution in [0.15, 0.2) is 18.2 Å². The number of hydrogen-bond donors (Lipinski definition) is 1. The van der Waals surface area contributed by atoms with Gasteiger partial charge in [0.15, 0.2) is 0 Å². The zero-order valence-electron chi connectivity index (χ0n) is 9.87. The third kappa shape index (κ3) is 3.69. The quantitative estimate of drug-likeness (QED) is 0.818. The monoisotopic (exact) mass is 242 g/mol. The van der Waals surface area contributed by atoms with E-state index in [1.807, 2.05) is 26.0 Å². The lowest BCUT2D eigenvalue weighted by molar-refractivity contribution is 0.166. The van der Waals surface area contributed by atoms with E-state index in [1.54, 1.807) is 6.07 Å². The van der Waals surface area contributed by atoms with E-state index >= 15 is 0 Å². The van der Waals surface area contributed by atoms with Gasteiger partial charge in [-0.3, -0.25) is 0 Å². The Morgan fingerprint density at radius 3 is 2.62 bits per heavy atom. The summed E-state index contributed by atoms with van der Waals surface area (Å²) in [5, 5.41) is 10.4. The molecule has 0 radical (unpaired) electrons. The van der Waals surface area contributed by atoms with Crippen LogP contribution < -0.4 is 4.74 Å². The van der Waals surface area contributed by atoms with Gasteiger partial charge in [0.25, 0.3) is 0 Å². The topological polar surface area (TPSA) is 29.5 Å². The predicted octanol–water partition coefficient (Wildman–Crippen LogP) is 3.96. The van der Waals surface area contributed by atoms with E-state index < -0.39 is 6.10 Å². The van der Waals surface area contributed by atoms with E-state index in [1.165, 1.54) is 0 Å². The SMILES string of the molecule is CCCOc1ccc(C(O)CCC)cc1Cl. The molecule has 0 aliphatic rings. The molecule has 0 aromatic heterocycles. The van der Waals surface area contributed by atoms with Crippen molar-refractivity contribution in [3.05, 3.63) is 28.8 Å². The molecule has 0 amide bonds. The van der Waals surface area contributed by atoms with E-state index in [0.29, 0.717) is 17.4 Å². The molecule has 0 bridgehead atoms. The Morgan fingerprint density at radius 1 is 1.31 bits per heavy atom. The maximum absolute atomic E-state index is 9.81. The van der Waals surface area contributed by atoms with Gasteiger partial charge in [0.05, 0.1) is 17.7 Å². The van der Waals surface area contributed by atoms with Crippen LogP contribution in [0.1, 0.15) is 44.8 Å². The van der Waals surface area contributed by atoms with Gasteiger partial charge in [-0.1, -0.05) is 37.9 Å². The average Bonchev–Trinajstić information content (AvgIpc) is 2.27. The van der Waals surface area contributed by atoms with Gasteiger partial charge in [-0.25, -0.2) is 0 Å². The molecule has 1 aromatic rings. The molecular formula is C13H19ClO2. The molecule has 1 unspecified atom stereocenters. The minimum atomic E-state index is -0.428. The van der Waals surface area contributed by atoms with Crippen LogP contribution in [0.3, 0.4) is 0 Å². The van der Waals surface area contributed by atoms with Crippen LogP contribution >= 0.6 is 11.6 Å². The Hall–Kier alpha value is -0.730. The minimum absolute atomic E-state index is 0.428. The summed E-state index contributed by atoms with van der Waals surface area (Å²) in [6, 6.07) is 5.48. The van der Waals surface area contributed by atoms with E-state index in [9.17, 15) is 5.11 Å². The van der Waals surface area contributed by atoms with Crippen molar-refractivity contribution in [3.8, 4) is 5.75 Å². The number of halogens is 1. The zero-order chi connectivity index (χ0) is 12.0. The molecule has 3 heteroatoms. The van der Waals surface area contributed by atoms with Crippen molar-refractivity contribution in [1.29, 1.82) is 0 Å². The second kappa shape index (κ2) is 6.77. The zero-order valence-corrected chi connectivity index (χ0v) is 10.6. The van der Waals surface area contributed by atoms with Crippen molar-refractivity contribution in [2.45, 2.75) is 39.2 Å². The van der Waals surface area contributed by atoms with E-state index in [2.05, 4.69) is 0 Å². The van der Waals surface area contributed by atoms with Crippen molar-refractivity contribution >= 4 is 11.6 Å². The number of aliphatic hydroxyl groups excluding tert-OH is 1. The molecule has 1 atom stereocenters. The molecule has 1 rings (SSSR count). The third-order valence-corrected chi connectivity index (χ3v) is 2.66. The first-order valence-corrected chi connectivity index (χ1v) is 6.17. The summed E-state index contributed by atoms with van der Waals surface area (Å²) in [7, 11) is 0. The van der Waals surface area contributed by atoms with Crippen LogP contribution in [0.4, 0.5) is 0 Å². The van der Waals surface area contributed by atoms with E-state index in [0.717, 1.165) is 24.8 Å². The molecule has 1 N–H and O–H groups in total. The van der Waals surface area contributed by atoms with Crippen LogP contribution in [0.2, 0.25) is 5.02 Å². The standard InChI is InChI=1S/C13H19ClO2/c1-3-5-12(15)10-6-7-13(11(14)9-10)16-8-4-2/h6-7,9,12,15H,3-5,8H2,1-2H3. The molecule has 0 saturated carbocycles. The molecular weight excluding hydrogens is 224 g/mol. The Morgan fingerprint density at radius 2 is 2.06 bits per heavy atom. The van der Waals surface area contributed by atoms with Crippen molar-refractivity contribution < 1.29 is 9.84 Å². The lowest BCUT2D eigenvalue weighted by Gasteiger charge is -2.12. The molecule has 0 aliphatic carbocycles. The van der Waals surface area contributed by atoms with Gasteiger partial charge < -0.3 is 9.84 Å². The summed E-state index contributed by atoms with van der Waals surface area (Å²) < 4.78 is 5.47. The summed E-state index contributed by atoms with van der Waals surface area (Å²) in [5.41, 5.74) is 0.857. The molecule has 0 saturated heterocycles. The summed E-state index contributed by atoms with van der Waals surface area (Å²) in [5.74, 6) is 0.691. The normalized spacial score (nSPS) is 12.5. The molecule has 0 heterocycles. The van der Waals surface area contributed by atoms with Crippen molar-refractivity contribution in [2.24, 2.45) is 0 Å². The first kappa shape index (κ1) is 13.3. The highest BCUT2D eigenvalue weighted by atomic mass is 35.5. The Labute approximate surface area is 102 Å². The van der Waals surface area contributed by atoms with Gasteiger partial charge in [0.1, 0.15) is 5.75 Å². The van der Waals surface area contributed by atoms with Gasteiger partial charge in [0, 0.05) is 0 Å². The van der Waals surface area contributed by atoms with Gasteiger partial charge in [-0.05, 0) is 30.5 Å². The van der Waals surface area contributed by atoms with Crippen LogP contribution in [0.25, 0.3) is 0 Å². The Kier molecular flexibility index (Phi) is 5.64. The highest BCUT2D eigenvalue weighted by Gasteiger charge is 2.09. The number of benzene rings is 1. The highest BCUT2D eigenvalue weighted by molar-refractivity contribution is 6.32. The smallest absolute Gasteiger partial charge is 0.137 e. The molecule has 16 heavy (non-hydrogen) atoms. The Balaban J connectivity index is 2.73. The molecule has 1 aromatic carbocycles. The maximum atomic E-state index is 9.81. The third-order valence-electron chi connectivity index (χ3n) is 2.36. The number of aliphatic hydroxyl groups is 1. The van der Waals surface area contributed by atoms with Crippen LogP contribution in [0.5, 0.6) is 5.75 Å². The lowest BCUT2D eigenvalue weighted by atomic mass is 10.1. The van der Waals surface area contributed by atoms with Gasteiger partial charge in [-0.15, -0.1) is 0 Å². The first-order chi connectivity index (χ1) is 7.69. The summed E-state index contributed by atoms with van der Waals surface area (Å²) in [6.07, 6.45) is 2.23.